The Bertz CT molecular complexity index is 773. The molecule has 1 atom stereocenters. The Hall–Kier alpha value is -2.56. The van der Waals surface area contributed by atoms with Crippen LogP contribution in [0.1, 0.15) is 58.9 Å². The van der Waals surface area contributed by atoms with Gasteiger partial charge in [-0.15, -0.1) is 0 Å². The van der Waals surface area contributed by atoms with E-state index in [-0.39, 0.29) is 41.8 Å². The van der Waals surface area contributed by atoms with Crippen molar-refractivity contribution in [2.75, 3.05) is 0 Å². The van der Waals surface area contributed by atoms with E-state index in [9.17, 15) is 19.2 Å². The molecule has 5 heteroatoms. The smallest absolute Gasteiger partial charge is 0.234 e. The number of amides is 2. The molecule has 23 heavy (non-hydrogen) atoms. The van der Waals surface area contributed by atoms with Crippen LogP contribution in [-0.4, -0.2) is 23.4 Å². The van der Waals surface area contributed by atoms with E-state index >= 15 is 0 Å². The third-order valence-electron chi connectivity index (χ3n) is 4.38. The van der Waals surface area contributed by atoms with Crippen LogP contribution in [0.25, 0.3) is 0 Å². The molecule has 0 unspecified atom stereocenters. The molecule has 5 nitrogen and oxygen atoms in total. The largest absolute Gasteiger partial charge is 0.296 e. The second-order valence-corrected chi connectivity index (χ2v) is 6.26. The van der Waals surface area contributed by atoms with Gasteiger partial charge < -0.3 is 0 Å². The number of allylic oxidation sites excluding steroid dienone is 1. The van der Waals surface area contributed by atoms with Crippen LogP contribution in [0.2, 0.25) is 0 Å². The molecule has 1 aromatic rings. The van der Waals surface area contributed by atoms with Gasteiger partial charge in [-0.2, -0.15) is 0 Å². The second kappa shape index (κ2) is 5.57. The third-order valence-corrected chi connectivity index (χ3v) is 4.38. The van der Waals surface area contributed by atoms with Crippen molar-refractivity contribution in [2.24, 2.45) is 5.92 Å². The lowest BCUT2D eigenvalue weighted by molar-refractivity contribution is -0.135. The number of imide groups is 1. The van der Waals surface area contributed by atoms with Crippen LogP contribution >= 0.6 is 0 Å². The summed E-state index contributed by atoms with van der Waals surface area (Å²) in [6, 6.07) is 5.24. The molecule has 0 spiro atoms. The third kappa shape index (κ3) is 2.63. The zero-order valence-corrected chi connectivity index (χ0v) is 13.0. The van der Waals surface area contributed by atoms with Gasteiger partial charge in [-0.3, -0.25) is 24.5 Å². The Labute approximate surface area is 133 Å². The van der Waals surface area contributed by atoms with Crippen molar-refractivity contribution in [3.63, 3.8) is 0 Å². The van der Waals surface area contributed by atoms with E-state index in [0.717, 1.165) is 5.56 Å². The summed E-state index contributed by atoms with van der Waals surface area (Å²) in [5.74, 6) is -1.89. The molecule has 0 radical (unpaired) electrons. The molecule has 0 bridgehead atoms. The lowest BCUT2D eigenvalue weighted by Crippen LogP contribution is -2.43. The first-order valence-electron chi connectivity index (χ1n) is 7.66. The summed E-state index contributed by atoms with van der Waals surface area (Å²) in [5, 5.41) is 2.23. The number of rotatable bonds is 2. The van der Waals surface area contributed by atoms with Crippen LogP contribution < -0.4 is 5.32 Å². The fraction of sp³-hybridized carbons (Fsp3) is 0.333. The number of fused-ring (bicyclic) bond motifs is 1. The number of Topliss-reactive ketones (excluding diaryl/α,β-unsaturated/α-hetero) is 1. The van der Waals surface area contributed by atoms with Crippen molar-refractivity contribution < 1.29 is 19.2 Å². The van der Waals surface area contributed by atoms with Gasteiger partial charge in [-0.05, 0) is 30.0 Å². The summed E-state index contributed by atoms with van der Waals surface area (Å²) in [6.45, 7) is 4.03. The quantitative estimate of drug-likeness (QED) is 0.849. The number of piperidine rings is 1. The highest BCUT2D eigenvalue weighted by molar-refractivity contribution is 6.26. The summed E-state index contributed by atoms with van der Waals surface area (Å²) in [7, 11) is 0. The van der Waals surface area contributed by atoms with Crippen molar-refractivity contribution in [3.8, 4) is 0 Å². The lowest BCUT2D eigenvalue weighted by atomic mass is 9.79. The average molecular weight is 311 g/mol. The molecule has 1 saturated heterocycles. The Morgan fingerprint density at radius 2 is 1.83 bits per heavy atom. The van der Waals surface area contributed by atoms with Gasteiger partial charge >= 0.3 is 0 Å². The Balaban J connectivity index is 1.99. The van der Waals surface area contributed by atoms with Crippen molar-refractivity contribution in [3.05, 3.63) is 46.5 Å². The number of nitrogens with one attached hydrogen (secondary N) is 1. The zero-order chi connectivity index (χ0) is 16.7. The molecular weight excluding hydrogens is 294 g/mol. The first-order chi connectivity index (χ1) is 10.9. The summed E-state index contributed by atoms with van der Waals surface area (Å²) < 4.78 is 0. The summed E-state index contributed by atoms with van der Waals surface area (Å²) in [5.41, 5.74) is 1.89. The van der Waals surface area contributed by atoms with Gasteiger partial charge in [0.15, 0.2) is 11.6 Å². The maximum absolute atomic E-state index is 12.7. The van der Waals surface area contributed by atoms with E-state index < -0.39 is 11.8 Å². The molecule has 0 saturated carbocycles. The fourth-order valence-corrected chi connectivity index (χ4v) is 3.01. The molecule has 2 aliphatic rings. The summed E-state index contributed by atoms with van der Waals surface area (Å²) in [4.78, 5) is 48.3. The van der Waals surface area contributed by atoms with E-state index in [4.69, 9.17) is 0 Å². The monoisotopic (exact) mass is 311 g/mol. The van der Waals surface area contributed by atoms with Gasteiger partial charge in [0.05, 0.1) is 5.92 Å². The molecule has 1 aromatic carbocycles. The van der Waals surface area contributed by atoms with Gasteiger partial charge in [-0.1, -0.05) is 26.0 Å². The Morgan fingerprint density at radius 3 is 2.48 bits per heavy atom. The highest BCUT2D eigenvalue weighted by Crippen LogP contribution is 2.31. The van der Waals surface area contributed by atoms with Gasteiger partial charge in [0.1, 0.15) is 0 Å². The second-order valence-electron chi connectivity index (χ2n) is 6.26. The van der Waals surface area contributed by atoms with Crippen LogP contribution in [0.4, 0.5) is 0 Å². The van der Waals surface area contributed by atoms with Crippen LogP contribution in [0, 0.1) is 5.92 Å². The standard InChI is InChI=1S/C18H17NO4/c1-9(2)10-3-4-11-13(7-10)15(20)8-14(17(11)22)12-5-6-16(21)19-18(12)23/h3-4,7-9,12H,5-6H2,1-2H3,(H,19,21,23)/t12-/m0/s1. The highest BCUT2D eigenvalue weighted by atomic mass is 16.2. The minimum Gasteiger partial charge on any atom is -0.296 e. The Morgan fingerprint density at radius 1 is 1.09 bits per heavy atom. The van der Waals surface area contributed by atoms with Crippen molar-refractivity contribution in [1.29, 1.82) is 0 Å². The van der Waals surface area contributed by atoms with E-state index in [2.05, 4.69) is 5.32 Å². The zero-order valence-electron chi connectivity index (χ0n) is 13.0. The fourth-order valence-electron chi connectivity index (χ4n) is 3.01. The molecule has 1 N–H and O–H groups in total. The first-order valence-corrected chi connectivity index (χ1v) is 7.66. The van der Waals surface area contributed by atoms with E-state index in [1.807, 2.05) is 19.9 Å². The van der Waals surface area contributed by atoms with E-state index in [1.54, 1.807) is 12.1 Å². The number of hydrogen-bond donors (Lipinski definition) is 1. The predicted molar refractivity (Wildman–Crippen MR) is 83.1 cm³/mol. The lowest BCUT2D eigenvalue weighted by Gasteiger charge is -2.25. The number of carbonyl (C=O) groups excluding carboxylic acids is 4. The molecule has 118 valence electrons. The number of carbonyl (C=O) groups is 4. The van der Waals surface area contributed by atoms with E-state index in [0.29, 0.717) is 11.1 Å². The van der Waals surface area contributed by atoms with Gasteiger partial charge in [0.25, 0.3) is 0 Å². The maximum atomic E-state index is 12.7. The topological polar surface area (TPSA) is 80.3 Å². The SMILES string of the molecule is CC(C)c1ccc2c(c1)C(=O)C=C([C@@H]1CCC(=O)NC1=O)C2=O. The highest BCUT2D eigenvalue weighted by Gasteiger charge is 2.36. The summed E-state index contributed by atoms with van der Waals surface area (Å²) >= 11 is 0. The molecule has 1 fully saturated rings. The van der Waals surface area contributed by atoms with Crippen LogP contribution in [0.15, 0.2) is 29.8 Å². The minimum atomic E-state index is -0.734. The van der Waals surface area contributed by atoms with Gasteiger partial charge in [0.2, 0.25) is 11.8 Å². The average Bonchev–Trinajstić information content (AvgIpc) is 2.51. The minimum absolute atomic E-state index is 0.175. The normalized spacial score (nSPS) is 21.2. The molecular formula is C18H17NO4. The number of benzene rings is 1. The number of ketones is 2. The molecule has 2 amide bonds. The van der Waals surface area contributed by atoms with Crippen molar-refractivity contribution in [2.45, 2.75) is 32.6 Å². The van der Waals surface area contributed by atoms with Crippen LogP contribution in [0.3, 0.4) is 0 Å². The molecule has 1 heterocycles. The first kappa shape index (κ1) is 15.3. The molecule has 0 aromatic heterocycles. The van der Waals surface area contributed by atoms with Crippen LogP contribution in [0.5, 0.6) is 0 Å². The summed E-state index contributed by atoms with van der Waals surface area (Å²) in [6.07, 6.45) is 1.69. The molecule has 1 aliphatic heterocycles. The van der Waals surface area contributed by atoms with Gasteiger partial charge in [-0.25, -0.2) is 0 Å². The van der Waals surface area contributed by atoms with Crippen molar-refractivity contribution >= 4 is 23.4 Å². The molecule has 1 aliphatic carbocycles. The van der Waals surface area contributed by atoms with E-state index in [1.165, 1.54) is 6.08 Å². The molecule has 3 rings (SSSR count). The van der Waals surface area contributed by atoms with Crippen LogP contribution in [-0.2, 0) is 9.59 Å². The van der Waals surface area contributed by atoms with Gasteiger partial charge in [0, 0.05) is 23.1 Å². The maximum Gasteiger partial charge on any atom is 0.234 e. The van der Waals surface area contributed by atoms with Crippen molar-refractivity contribution in [1.82, 2.24) is 5.32 Å². The Kier molecular flexibility index (Phi) is 3.72. The predicted octanol–water partition coefficient (Wildman–Crippen LogP) is 2.17. The number of hydrogen-bond acceptors (Lipinski definition) is 4.